The first kappa shape index (κ1) is 11.7. The highest BCUT2D eigenvalue weighted by atomic mass is 35.5. The van der Waals surface area contributed by atoms with Crippen molar-refractivity contribution in [2.45, 2.75) is 0 Å². The van der Waals surface area contributed by atoms with Gasteiger partial charge in [-0.3, -0.25) is 0 Å². The van der Waals surface area contributed by atoms with Gasteiger partial charge in [-0.1, -0.05) is 21.0 Å². The molecule has 0 saturated heterocycles. The Morgan fingerprint density at radius 2 is 2.29 bits per heavy atom. The van der Waals surface area contributed by atoms with Crippen LogP contribution in [0.4, 0.5) is 0 Å². The summed E-state index contributed by atoms with van der Waals surface area (Å²) >= 11 is 5.88. The lowest BCUT2D eigenvalue weighted by Gasteiger charge is -2.03. The number of aromatic nitrogens is 3. The maximum atomic E-state index is 9.51. The Kier molecular flexibility index (Phi) is 3.21. The first-order valence-corrected chi connectivity index (χ1v) is 6.32. The number of H-pyrrole nitrogens is 2. The molecule has 17 heavy (non-hydrogen) atoms. The van der Waals surface area contributed by atoms with Crippen LogP contribution in [0.3, 0.4) is 0 Å². The van der Waals surface area contributed by atoms with E-state index in [1.807, 2.05) is 0 Å². The van der Waals surface area contributed by atoms with E-state index >= 15 is 0 Å². The van der Waals surface area contributed by atoms with Crippen LogP contribution >= 0.6 is 22.3 Å². The second kappa shape index (κ2) is 4.64. The highest BCUT2D eigenvalue weighted by Crippen LogP contribution is 2.35. The minimum absolute atomic E-state index is 0.0923. The number of nitrogens with zero attached hydrogens (tertiary/aromatic N) is 1. The lowest BCUT2D eigenvalue weighted by atomic mass is 10.3. The van der Waals surface area contributed by atoms with Gasteiger partial charge in [0.2, 0.25) is 10.3 Å². The van der Waals surface area contributed by atoms with E-state index in [0.29, 0.717) is 10.9 Å². The van der Waals surface area contributed by atoms with Crippen LogP contribution in [0.2, 0.25) is 5.15 Å². The molecule has 2 rings (SSSR count). The number of hydrogen-bond acceptors (Lipinski definition) is 3. The molecule has 0 amide bonds. The molecule has 8 heteroatoms. The maximum absolute atomic E-state index is 9.51. The zero-order chi connectivity index (χ0) is 12.4. The van der Waals surface area contributed by atoms with Crippen molar-refractivity contribution in [3.8, 4) is 16.4 Å². The highest BCUT2D eigenvalue weighted by molar-refractivity contribution is 7.33. The molecule has 0 aliphatic heterocycles. The molecule has 1 unspecified atom stereocenters. The molecule has 1 atom stereocenters. The standard InChI is InChI=1S/C9H11ClN4O2S/c1-16-8-4-6(2-3-7(8)15)17-5-9(10)12-14(11)13-17/h2-5,12-13H,11H2,1H3/p+1. The second-order valence-corrected chi connectivity index (χ2v) is 5.18. The van der Waals surface area contributed by atoms with Crippen molar-refractivity contribution < 1.29 is 9.84 Å². The molecule has 0 fully saturated rings. The minimum Gasteiger partial charge on any atom is -0.504 e. The summed E-state index contributed by atoms with van der Waals surface area (Å²) in [6.07, 6.45) is 0. The maximum Gasteiger partial charge on any atom is 0.206 e. The monoisotopic (exact) mass is 275 g/mol. The van der Waals surface area contributed by atoms with Crippen molar-refractivity contribution in [1.29, 1.82) is 0 Å². The molecule has 0 bridgehead atoms. The number of methoxy groups -OCH3 is 1. The number of nitrogens with two attached hydrogens (primary N) is 1. The van der Waals surface area contributed by atoms with E-state index in [1.54, 1.807) is 23.6 Å². The second-order valence-electron chi connectivity index (χ2n) is 3.21. The normalized spacial score (nSPS) is 11.3. The molecule has 1 aromatic carbocycles. The van der Waals surface area contributed by atoms with Gasteiger partial charge in [-0.05, 0) is 6.07 Å². The van der Waals surface area contributed by atoms with Gasteiger partial charge >= 0.3 is 0 Å². The molecule has 0 spiro atoms. The van der Waals surface area contributed by atoms with Gasteiger partial charge in [0.15, 0.2) is 16.7 Å². The van der Waals surface area contributed by atoms with Crippen LogP contribution in [0.15, 0.2) is 23.6 Å². The number of phenolic OH excluding ortho intramolecular Hbond substituents is 1. The Labute approximate surface area is 105 Å². The number of halogens is 1. The van der Waals surface area contributed by atoms with Crippen molar-refractivity contribution in [3.05, 3.63) is 28.7 Å². The Morgan fingerprint density at radius 1 is 1.53 bits per heavy atom. The van der Waals surface area contributed by atoms with E-state index < -0.39 is 10.7 Å². The fourth-order valence-electron chi connectivity index (χ4n) is 1.32. The van der Waals surface area contributed by atoms with Crippen LogP contribution in [-0.4, -0.2) is 26.7 Å². The van der Waals surface area contributed by atoms with Crippen molar-refractivity contribution in [2.75, 3.05) is 13.0 Å². The summed E-state index contributed by atoms with van der Waals surface area (Å²) < 4.78 is 8.01. The third kappa shape index (κ3) is 2.51. The Morgan fingerprint density at radius 3 is 2.94 bits per heavy atom. The van der Waals surface area contributed by atoms with Crippen LogP contribution in [0.25, 0.3) is 4.90 Å². The van der Waals surface area contributed by atoms with E-state index in [0.717, 1.165) is 4.90 Å². The first-order chi connectivity index (χ1) is 8.10. The molecule has 1 heterocycles. The third-order valence-electron chi connectivity index (χ3n) is 2.05. The number of phenols is 1. The number of nitrogens with one attached hydrogen (secondary N) is 2. The molecule has 0 saturated carbocycles. The average molecular weight is 276 g/mol. The largest absolute Gasteiger partial charge is 0.504 e. The number of benzene rings is 1. The Balaban J connectivity index is 2.52. The van der Waals surface area contributed by atoms with Gasteiger partial charge in [-0.15, -0.1) is 0 Å². The SMILES string of the molecule is COc1cc(-[s+]2cc(Cl)[nH]n(N)[nH]2)ccc1O. The lowest BCUT2D eigenvalue weighted by Crippen LogP contribution is -2.16. The first-order valence-electron chi connectivity index (χ1n) is 4.65. The number of rotatable bonds is 2. The van der Waals surface area contributed by atoms with E-state index in [2.05, 4.69) is 9.59 Å². The van der Waals surface area contributed by atoms with Crippen LogP contribution in [0, 0.1) is 0 Å². The van der Waals surface area contributed by atoms with Gasteiger partial charge in [0.05, 0.1) is 7.11 Å². The topological polar surface area (TPSA) is 92.0 Å². The summed E-state index contributed by atoms with van der Waals surface area (Å²) in [5, 5.41) is 14.4. The molecular weight excluding hydrogens is 264 g/mol. The van der Waals surface area contributed by atoms with Crippen LogP contribution in [-0.2, 0) is 0 Å². The van der Waals surface area contributed by atoms with Gasteiger partial charge in [-0.2, -0.15) is 0 Å². The molecule has 5 N–H and O–H groups in total. The summed E-state index contributed by atoms with van der Waals surface area (Å²) in [6, 6.07) is 5.06. The number of aromatic hydroxyl groups is 1. The molecule has 0 aliphatic carbocycles. The predicted octanol–water partition coefficient (Wildman–Crippen LogP) is 2.09. The van der Waals surface area contributed by atoms with E-state index in [1.165, 1.54) is 12.0 Å². The molecule has 0 aliphatic rings. The van der Waals surface area contributed by atoms with Gasteiger partial charge in [0, 0.05) is 12.1 Å². The lowest BCUT2D eigenvalue weighted by molar-refractivity contribution is 0.374. The molecule has 2 aromatic rings. The van der Waals surface area contributed by atoms with Crippen molar-refractivity contribution in [1.82, 2.24) is 14.5 Å². The number of ether oxygens (including phenoxy) is 1. The zero-order valence-electron chi connectivity index (χ0n) is 8.98. The van der Waals surface area contributed by atoms with E-state index in [9.17, 15) is 5.11 Å². The third-order valence-corrected chi connectivity index (χ3v) is 4.00. The molecule has 1 aromatic heterocycles. The Bertz CT molecular complexity index is 546. The molecule has 6 nitrogen and oxygen atoms in total. The van der Waals surface area contributed by atoms with Gasteiger partial charge in [0.25, 0.3) is 0 Å². The van der Waals surface area contributed by atoms with Crippen LogP contribution in [0.1, 0.15) is 0 Å². The Hall–Kier alpha value is -1.73. The predicted molar refractivity (Wildman–Crippen MR) is 68.0 cm³/mol. The zero-order valence-corrected chi connectivity index (χ0v) is 10.5. The van der Waals surface area contributed by atoms with Gasteiger partial charge in [0.1, 0.15) is 10.7 Å². The van der Waals surface area contributed by atoms with Crippen LogP contribution in [0.5, 0.6) is 11.5 Å². The van der Waals surface area contributed by atoms with Crippen molar-refractivity contribution in [2.24, 2.45) is 0 Å². The summed E-state index contributed by atoms with van der Waals surface area (Å²) in [7, 11) is 1.01. The van der Waals surface area contributed by atoms with E-state index in [-0.39, 0.29) is 5.75 Å². The fraction of sp³-hybridized carbons (Fsp3) is 0.111. The summed E-state index contributed by atoms with van der Waals surface area (Å²) in [5.74, 6) is 6.06. The smallest absolute Gasteiger partial charge is 0.206 e. The quantitative estimate of drug-likeness (QED) is 0.499. The molecule has 0 radical (unpaired) electrons. The van der Waals surface area contributed by atoms with Crippen molar-refractivity contribution >= 4 is 22.3 Å². The van der Waals surface area contributed by atoms with Crippen molar-refractivity contribution in [3.63, 3.8) is 0 Å². The summed E-state index contributed by atoms with van der Waals surface area (Å²) in [4.78, 5) is 2.08. The highest BCUT2D eigenvalue weighted by Gasteiger charge is 2.14. The fourth-order valence-corrected chi connectivity index (χ4v) is 2.93. The van der Waals surface area contributed by atoms with Crippen LogP contribution < -0.4 is 10.6 Å². The number of aromatic amines is 2. The summed E-state index contributed by atoms with van der Waals surface area (Å²) in [6.45, 7) is 0. The van der Waals surface area contributed by atoms with Gasteiger partial charge < -0.3 is 15.7 Å². The molecule has 92 valence electrons. The number of hydrogen-bond donors (Lipinski definition) is 4. The van der Waals surface area contributed by atoms with E-state index in [4.69, 9.17) is 22.2 Å². The van der Waals surface area contributed by atoms with Gasteiger partial charge in [-0.25, -0.2) is 5.10 Å². The number of nitrogen functional groups attached to an aromatic ring is 1. The minimum atomic E-state index is -0.485. The average Bonchev–Trinajstić information content (AvgIpc) is 2.28. The summed E-state index contributed by atoms with van der Waals surface area (Å²) in [5.41, 5.74) is 0. The molecular formula is C9H12ClN4O2S+.